The predicted octanol–water partition coefficient (Wildman–Crippen LogP) is 5.13. The van der Waals surface area contributed by atoms with E-state index in [2.05, 4.69) is 60.1 Å². The van der Waals surface area contributed by atoms with Crippen LogP contribution in [0.5, 0.6) is 0 Å². The van der Waals surface area contributed by atoms with E-state index in [0.29, 0.717) is 0 Å². The Labute approximate surface area is 218 Å². The van der Waals surface area contributed by atoms with Crippen molar-refractivity contribution in [2.75, 3.05) is 52.8 Å². The first-order valence-electron chi connectivity index (χ1n) is 9.33. The molecule has 31 heavy (non-hydrogen) atoms. The Kier molecular flexibility index (Phi) is 13.4. The number of hydrogen-bond acceptors (Lipinski definition) is 9. The van der Waals surface area contributed by atoms with Crippen molar-refractivity contribution in [1.82, 2.24) is 29.7 Å². The van der Waals surface area contributed by atoms with Crippen molar-refractivity contribution in [3.05, 3.63) is 36.7 Å². The molecule has 0 bridgehead atoms. The summed E-state index contributed by atoms with van der Waals surface area (Å²) in [5.41, 5.74) is 1.91. The quantitative estimate of drug-likeness (QED) is 0.232. The van der Waals surface area contributed by atoms with Crippen LogP contribution in [0, 0.1) is 0 Å². The molecule has 3 rings (SSSR count). The van der Waals surface area contributed by atoms with E-state index < -0.39 is 0 Å². The standard InChI is InChI=1S/C20H26N6S3.2BrH/c1-25(2)11-13-27-19-21-9-7-15(23-19)17-5-6-18(29-17)16-8-10-22-20(24-16)28-14-12-26(3)4;;/h5-10H,11-14H2,1-4H3;2*1H. The first kappa shape index (κ1) is 28.5. The number of rotatable bonds is 10. The fourth-order valence-corrected chi connectivity index (χ4v) is 5.17. The van der Waals surface area contributed by atoms with Gasteiger partial charge in [0.2, 0.25) is 0 Å². The van der Waals surface area contributed by atoms with Gasteiger partial charge in [-0.1, -0.05) is 23.5 Å². The van der Waals surface area contributed by atoms with Gasteiger partial charge in [0.15, 0.2) is 10.3 Å². The van der Waals surface area contributed by atoms with Crippen LogP contribution in [0.1, 0.15) is 0 Å². The highest BCUT2D eigenvalue weighted by Gasteiger charge is 2.10. The van der Waals surface area contributed by atoms with Crippen LogP contribution in [-0.4, -0.2) is 82.5 Å². The molecule has 0 N–H and O–H groups in total. The van der Waals surface area contributed by atoms with E-state index in [1.807, 2.05) is 24.5 Å². The van der Waals surface area contributed by atoms with Gasteiger partial charge in [-0.15, -0.1) is 45.3 Å². The van der Waals surface area contributed by atoms with E-state index in [9.17, 15) is 0 Å². The number of thioether (sulfide) groups is 2. The average Bonchev–Trinajstić information content (AvgIpc) is 3.18. The van der Waals surface area contributed by atoms with Gasteiger partial charge in [0.25, 0.3) is 0 Å². The molecule has 0 aromatic carbocycles. The van der Waals surface area contributed by atoms with E-state index in [1.165, 1.54) is 0 Å². The molecule has 3 heterocycles. The van der Waals surface area contributed by atoms with E-state index in [0.717, 1.165) is 56.1 Å². The lowest BCUT2D eigenvalue weighted by Gasteiger charge is -2.08. The van der Waals surface area contributed by atoms with E-state index in [1.54, 1.807) is 34.9 Å². The summed E-state index contributed by atoms with van der Waals surface area (Å²) < 4.78 is 0. The number of halogens is 2. The highest BCUT2D eigenvalue weighted by Crippen LogP contribution is 2.33. The molecule has 0 saturated heterocycles. The second kappa shape index (κ2) is 14.6. The van der Waals surface area contributed by atoms with E-state index in [-0.39, 0.29) is 34.0 Å². The lowest BCUT2D eigenvalue weighted by molar-refractivity contribution is 0.437. The molecule has 0 amide bonds. The van der Waals surface area contributed by atoms with Crippen LogP contribution in [0.4, 0.5) is 0 Å². The Bertz CT molecular complexity index is 851. The summed E-state index contributed by atoms with van der Waals surface area (Å²) in [5, 5.41) is 1.64. The summed E-state index contributed by atoms with van der Waals surface area (Å²) in [4.78, 5) is 24.8. The van der Waals surface area contributed by atoms with Crippen molar-refractivity contribution in [3.8, 4) is 21.1 Å². The first-order valence-corrected chi connectivity index (χ1v) is 12.1. The van der Waals surface area contributed by atoms with E-state index >= 15 is 0 Å². The second-order valence-corrected chi connectivity index (χ2v) is 10.1. The molecule has 0 radical (unpaired) electrons. The minimum Gasteiger partial charge on any atom is -0.309 e. The van der Waals surface area contributed by atoms with Crippen LogP contribution in [0.3, 0.4) is 0 Å². The van der Waals surface area contributed by atoms with Gasteiger partial charge < -0.3 is 9.80 Å². The minimum absolute atomic E-state index is 0. The van der Waals surface area contributed by atoms with Crippen molar-refractivity contribution in [1.29, 1.82) is 0 Å². The average molecular weight is 608 g/mol. The monoisotopic (exact) mass is 606 g/mol. The van der Waals surface area contributed by atoms with Gasteiger partial charge in [0.1, 0.15) is 0 Å². The molecule has 0 saturated carbocycles. The molecule has 0 aliphatic heterocycles. The lowest BCUT2D eigenvalue weighted by atomic mass is 10.3. The normalized spacial score (nSPS) is 10.8. The van der Waals surface area contributed by atoms with Crippen LogP contribution in [0.15, 0.2) is 47.0 Å². The summed E-state index contributed by atoms with van der Waals surface area (Å²) in [6.45, 7) is 2.01. The number of nitrogens with zero attached hydrogens (tertiary/aromatic N) is 6. The smallest absolute Gasteiger partial charge is 0.188 e. The number of hydrogen-bond donors (Lipinski definition) is 0. The fourth-order valence-electron chi connectivity index (χ4n) is 2.35. The van der Waals surface area contributed by atoms with Gasteiger partial charge >= 0.3 is 0 Å². The predicted molar refractivity (Wildman–Crippen MR) is 146 cm³/mol. The molecule has 0 fully saturated rings. The zero-order valence-corrected chi connectivity index (χ0v) is 23.9. The van der Waals surface area contributed by atoms with Gasteiger partial charge in [-0.2, -0.15) is 0 Å². The van der Waals surface area contributed by atoms with Crippen molar-refractivity contribution >= 4 is 68.8 Å². The maximum absolute atomic E-state index is 4.72. The molecule has 3 aromatic rings. The largest absolute Gasteiger partial charge is 0.309 e. The van der Waals surface area contributed by atoms with Crippen LogP contribution < -0.4 is 0 Å². The summed E-state index contributed by atoms with van der Waals surface area (Å²) in [6, 6.07) is 8.15. The fraction of sp³-hybridized carbons (Fsp3) is 0.400. The Balaban J connectivity index is 0.00000240. The first-order chi connectivity index (χ1) is 14.0. The molecule has 0 aliphatic rings. The van der Waals surface area contributed by atoms with Crippen LogP contribution in [0.25, 0.3) is 21.1 Å². The molecule has 3 aromatic heterocycles. The van der Waals surface area contributed by atoms with E-state index in [4.69, 9.17) is 9.97 Å². The van der Waals surface area contributed by atoms with Crippen molar-refractivity contribution in [2.45, 2.75) is 10.3 Å². The van der Waals surface area contributed by atoms with Crippen LogP contribution >= 0.6 is 68.8 Å². The third kappa shape index (κ3) is 9.45. The zero-order chi connectivity index (χ0) is 20.6. The van der Waals surface area contributed by atoms with Crippen molar-refractivity contribution in [2.24, 2.45) is 0 Å². The van der Waals surface area contributed by atoms with Gasteiger partial charge in [0.05, 0.1) is 21.1 Å². The highest BCUT2D eigenvalue weighted by atomic mass is 79.9. The molecule has 11 heteroatoms. The van der Waals surface area contributed by atoms with Gasteiger partial charge in [-0.3, -0.25) is 0 Å². The van der Waals surface area contributed by atoms with Gasteiger partial charge in [0, 0.05) is 37.0 Å². The van der Waals surface area contributed by atoms with Crippen molar-refractivity contribution in [3.63, 3.8) is 0 Å². The van der Waals surface area contributed by atoms with Gasteiger partial charge in [-0.25, -0.2) is 19.9 Å². The molecule has 170 valence electrons. The SMILES string of the molecule is Br.Br.CN(C)CCSc1nccc(-c2ccc(-c3ccnc(SCCN(C)C)n3)s2)n1. The maximum atomic E-state index is 4.72. The Morgan fingerprint density at radius 3 is 1.52 bits per heavy atom. The summed E-state index contributed by atoms with van der Waals surface area (Å²) >= 11 is 5.07. The van der Waals surface area contributed by atoms with Crippen LogP contribution in [-0.2, 0) is 0 Å². The molecular weight excluding hydrogens is 580 g/mol. The Morgan fingerprint density at radius 1 is 0.710 bits per heavy atom. The maximum Gasteiger partial charge on any atom is 0.188 e. The molecule has 0 aliphatic carbocycles. The molecular formula is C20H28Br2N6S3. The number of aromatic nitrogens is 4. The molecule has 6 nitrogen and oxygen atoms in total. The summed E-state index contributed by atoms with van der Waals surface area (Å²) in [6.07, 6.45) is 3.67. The highest BCUT2D eigenvalue weighted by molar-refractivity contribution is 8.93. The second-order valence-electron chi connectivity index (χ2n) is 6.92. The van der Waals surface area contributed by atoms with Gasteiger partial charge in [-0.05, 0) is 52.5 Å². The zero-order valence-electron chi connectivity index (χ0n) is 18.0. The Morgan fingerprint density at radius 2 is 1.13 bits per heavy atom. The topological polar surface area (TPSA) is 58.0 Å². The minimum atomic E-state index is 0. The molecule has 0 unspecified atom stereocenters. The van der Waals surface area contributed by atoms with Crippen molar-refractivity contribution < 1.29 is 0 Å². The van der Waals surface area contributed by atoms with Crippen LogP contribution in [0.2, 0.25) is 0 Å². The Hall–Kier alpha value is -0.560. The third-order valence-electron chi connectivity index (χ3n) is 3.92. The third-order valence-corrected chi connectivity index (χ3v) is 6.73. The summed E-state index contributed by atoms with van der Waals surface area (Å²) in [7, 11) is 8.29. The lowest BCUT2D eigenvalue weighted by Crippen LogP contribution is -2.14. The summed E-state index contributed by atoms with van der Waals surface area (Å²) in [5.74, 6) is 1.95. The molecule has 0 spiro atoms. The molecule has 0 atom stereocenters. The number of thiophene rings is 1.